The van der Waals surface area contributed by atoms with E-state index in [0.717, 1.165) is 5.69 Å². The molecule has 1 amide bonds. The summed E-state index contributed by atoms with van der Waals surface area (Å²) in [6.45, 7) is 1.79. The Bertz CT molecular complexity index is 659. The number of carbonyl (C=O) groups excluding carboxylic acids is 2. The van der Waals surface area contributed by atoms with Crippen LogP contribution in [0.5, 0.6) is 5.75 Å². The molecule has 0 aliphatic rings. The van der Waals surface area contributed by atoms with Gasteiger partial charge in [-0.3, -0.25) is 4.79 Å². The maximum absolute atomic E-state index is 12.2. The van der Waals surface area contributed by atoms with Gasteiger partial charge >= 0.3 is 5.97 Å². The summed E-state index contributed by atoms with van der Waals surface area (Å²) in [5.74, 6) is -0.186. The molecule has 1 aromatic heterocycles. The van der Waals surface area contributed by atoms with Gasteiger partial charge < -0.3 is 19.8 Å². The lowest BCUT2D eigenvalue weighted by Gasteiger charge is -2.06. The molecule has 0 radical (unpaired) electrons. The number of esters is 1. The second kappa shape index (κ2) is 6.13. The summed E-state index contributed by atoms with van der Waals surface area (Å²) < 4.78 is 9.71. The molecule has 2 N–H and O–H groups in total. The minimum absolute atomic E-state index is 0.219. The fraction of sp³-hybridized carbons (Fsp3) is 0.200. The molecule has 6 nitrogen and oxygen atoms in total. The molecule has 2 aromatic rings. The lowest BCUT2D eigenvalue weighted by molar-refractivity contribution is 0.0596. The third kappa shape index (κ3) is 3.22. The molecule has 0 spiro atoms. The highest BCUT2D eigenvalue weighted by Gasteiger charge is 2.17. The Labute approximate surface area is 122 Å². The molecule has 0 aliphatic carbocycles. The molecule has 2 rings (SSSR count). The predicted molar refractivity (Wildman–Crippen MR) is 77.8 cm³/mol. The molecular formula is C15H16N2O4. The Hall–Kier alpha value is -2.76. The quantitative estimate of drug-likeness (QED) is 0.846. The Balaban J connectivity index is 2.20. The highest BCUT2D eigenvalue weighted by molar-refractivity contribution is 6.07. The first-order chi connectivity index (χ1) is 10.0. The predicted octanol–water partition coefficient (Wildman–Crippen LogP) is 2.37. The van der Waals surface area contributed by atoms with E-state index >= 15 is 0 Å². The number of nitrogens with one attached hydrogen (secondary N) is 2. The lowest BCUT2D eigenvalue weighted by Crippen LogP contribution is -2.14. The van der Waals surface area contributed by atoms with Crippen LogP contribution in [0.4, 0.5) is 5.69 Å². The van der Waals surface area contributed by atoms with Crippen LogP contribution in [0.1, 0.15) is 26.5 Å². The van der Waals surface area contributed by atoms with Gasteiger partial charge in [-0.25, -0.2) is 4.79 Å². The van der Waals surface area contributed by atoms with Crippen molar-refractivity contribution in [1.82, 2.24) is 4.98 Å². The van der Waals surface area contributed by atoms with Gasteiger partial charge in [-0.2, -0.15) is 0 Å². The molecule has 0 unspecified atom stereocenters. The van der Waals surface area contributed by atoms with Gasteiger partial charge in [0.15, 0.2) is 0 Å². The van der Waals surface area contributed by atoms with Crippen molar-refractivity contribution in [1.29, 1.82) is 0 Å². The Kier molecular flexibility index (Phi) is 4.27. The molecule has 0 bridgehead atoms. The molecule has 6 heteroatoms. The van der Waals surface area contributed by atoms with Crippen LogP contribution in [-0.4, -0.2) is 31.1 Å². The molecule has 0 saturated carbocycles. The number of hydrogen-bond acceptors (Lipinski definition) is 4. The van der Waals surface area contributed by atoms with E-state index in [2.05, 4.69) is 15.0 Å². The highest BCUT2D eigenvalue weighted by Crippen LogP contribution is 2.19. The van der Waals surface area contributed by atoms with Crippen molar-refractivity contribution in [3.05, 3.63) is 47.3 Å². The van der Waals surface area contributed by atoms with Crippen molar-refractivity contribution in [3.8, 4) is 5.75 Å². The lowest BCUT2D eigenvalue weighted by atomic mass is 10.2. The van der Waals surface area contributed by atoms with Crippen LogP contribution in [0, 0.1) is 6.92 Å². The Morgan fingerprint density at radius 2 is 1.81 bits per heavy atom. The minimum Gasteiger partial charge on any atom is -0.497 e. The summed E-state index contributed by atoms with van der Waals surface area (Å²) >= 11 is 0. The smallest absolute Gasteiger partial charge is 0.356 e. The molecular weight excluding hydrogens is 272 g/mol. The first-order valence-corrected chi connectivity index (χ1v) is 6.28. The SMILES string of the molecule is COC(=O)c1[nH]c(C)cc1NC(=O)c1ccc(OC)cc1. The van der Waals surface area contributed by atoms with Gasteiger partial charge in [0, 0.05) is 11.3 Å². The van der Waals surface area contributed by atoms with Crippen molar-refractivity contribution in [3.63, 3.8) is 0 Å². The molecule has 1 heterocycles. The van der Waals surface area contributed by atoms with E-state index < -0.39 is 5.97 Å². The summed E-state index contributed by atoms with van der Waals surface area (Å²) in [7, 11) is 2.84. The van der Waals surface area contributed by atoms with Crippen LogP contribution in [0.2, 0.25) is 0 Å². The number of rotatable bonds is 4. The number of aryl methyl sites for hydroxylation is 1. The Morgan fingerprint density at radius 1 is 1.14 bits per heavy atom. The molecule has 21 heavy (non-hydrogen) atoms. The average molecular weight is 288 g/mol. The number of carbonyl (C=O) groups is 2. The maximum Gasteiger partial charge on any atom is 0.356 e. The van der Waals surface area contributed by atoms with Crippen molar-refractivity contribution in [2.45, 2.75) is 6.92 Å². The first-order valence-electron chi connectivity index (χ1n) is 6.28. The van der Waals surface area contributed by atoms with Gasteiger partial charge in [0.2, 0.25) is 0 Å². The zero-order valence-corrected chi connectivity index (χ0v) is 12.0. The van der Waals surface area contributed by atoms with Gasteiger partial charge in [0.1, 0.15) is 11.4 Å². The fourth-order valence-electron chi connectivity index (χ4n) is 1.89. The zero-order chi connectivity index (χ0) is 15.4. The van der Waals surface area contributed by atoms with Gasteiger partial charge in [-0.15, -0.1) is 0 Å². The number of benzene rings is 1. The monoisotopic (exact) mass is 288 g/mol. The maximum atomic E-state index is 12.2. The third-order valence-corrected chi connectivity index (χ3v) is 2.94. The number of amides is 1. The van der Waals surface area contributed by atoms with Crippen molar-refractivity contribution >= 4 is 17.6 Å². The molecule has 1 aromatic carbocycles. The molecule has 0 saturated heterocycles. The van der Waals surface area contributed by atoms with Gasteiger partial charge in [0.25, 0.3) is 5.91 Å². The number of aromatic amines is 1. The van der Waals surface area contributed by atoms with E-state index in [-0.39, 0.29) is 11.6 Å². The van der Waals surface area contributed by atoms with E-state index in [1.165, 1.54) is 7.11 Å². The second-order valence-electron chi connectivity index (χ2n) is 4.42. The molecule has 0 fully saturated rings. The van der Waals surface area contributed by atoms with Crippen molar-refractivity contribution in [2.24, 2.45) is 0 Å². The van der Waals surface area contributed by atoms with Gasteiger partial charge in [-0.1, -0.05) is 0 Å². The van der Waals surface area contributed by atoms with E-state index in [9.17, 15) is 9.59 Å². The first kappa shape index (κ1) is 14.6. The average Bonchev–Trinajstić information content (AvgIpc) is 2.87. The largest absolute Gasteiger partial charge is 0.497 e. The summed E-state index contributed by atoms with van der Waals surface area (Å²) in [6, 6.07) is 8.35. The van der Waals surface area contributed by atoms with Crippen molar-refractivity contribution in [2.75, 3.05) is 19.5 Å². The van der Waals surface area contributed by atoms with Crippen molar-refractivity contribution < 1.29 is 19.1 Å². The van der Waals surface area contributed by atoms with Gasteiger partial charge in [0.05, 0.1) is 19.9 Å². The van der Waals surface area contributed by atoms with Crippen LogP contribution in [0.3, 0.4) is 0 Å². The van der Waals surface area contributed by atoms with Crippen LogP contribution in [0.25, 0.3) is 0 Å². The van der Waals surface area contributed by atoms with Crippen LogP contribution in [0.15, 0.2) is 30.3 Å². The van der Waals surface area contributed by atoms with E-state index in [4.69, 9.17) is 4.74 Å². The third-order valence-electron chi connectivity index (χ3n) is 2.94. The van der Waals surface area contributed by atoms with Crippen LogP contribution in [-0.2, 0) is 4.74 Å². The molecule has 0 atom stereocenters. The standard InChI is InChI=1S/C15H16N2O4/c1-9-8-12(13(16-9)15(19)21-3)17-14(18)10-4-6-11(20-2)7-5-10/h4-8,16H,1-3H3,(H,17,18). The number of H-pyrrole nitrogens is 1. The number of anilines is 1. The topological polar surface area (TPSA) is 80.4 Å². The molecule has 110 valence electrons. The number of ether oxygens (including phenoxy) is 2. The van der Waals surface area contributed by atoms with E-state index in [1.54, 1.807) is 44.4 Å². The summed E-state index contributed by atoms with van der Waals surface area (Å²) in [5, 5.41) is 2.69. The van der Waals surface area contributed by atoms with E-state index in [1.807, 2.05) is 0 Å². The normalized spacial score (nSPS) is 10.0. The number of methoxy groups -OCH3 is 2. The fourth-order valence-corrected chi connectivity index (χ4v) is 1.89. The van der Waals surface area contributed by atoms with Gasteiger partial charge in [-0.05, 0) is 37.3 Å². The highest BCUT2D eigenvalue weighted by atomic mass is 16.5. The number of hydrogen-bond donors (Lipinski definition) is 2. The number of aromatic nitrogens is 1. The minimum atomic E-state index is -0.534. The second-order valence-corrected chi connectivity index (χ2v) is 4.42. The summed E-state index contributed by atoms with van der Waals surface area (Å²) in [4.78, 5) is 26.7. The summed E-state index contributed by atoms with van der Waals surface area (Å²) in [6.07, 6.45) is 0. The Morgan fingerprint density at radius 3 is 2.38 bits per heavy atom. The van der Waals surface area contributed by atoms with Crippen LogP contribution < -0.4 is 10.1 Å². The zero-order valence-electron chi connectivity index (χ0n) is 12.0. The summed E-state index contributed by atoms with van der Waals surface area (Å²) in [5.41, 5.74) is 1.82. The van der Waals surface area contributed by atoms with E-state index in [0.29, 0.717) is 17.0 Å². The van der Waals surface area contributed by atoms with Crippen LogP contribution >= 0.6 is 0 Å². The molecule has 0 aliphatic heterocycles.